The molecule has 1 fully saturated rings. The fourth-order valence-electron chi connectivity index (χ4n) is 4.78. The lowest BCUT2D eigenvalue weighted by molar-refractivity contribution is 0.148. The van der Waals surface area contributed by atoms with E-state index in [0.717, 1.165) is 57.1 Å². The van der Waals surface area contributed by atoms with Crippen LogP contribution in [-0.2, 0) is 19.6 Å². The molecule has 5 nitrogen and oxygen atoms in total. The molecule has 0 atom stereocenters. The van der Waals surface area contributed by atoms with E-state index in [1.807, 2.05) is 18.3 Å². The molecular weight excluding hydrogens is 432 g/mol. The van der Waals surface area contributed by atoms with E-state index >= 15 is 0 Å². The van der Waals surface area contributed by atoms with Gasteiger partial charge in [-0.25, -0.2) is 0 Å². The van der Waals surface area contributed by atoms with Gasteiger partial charge in [0.15, 0.2) is 0 Å². The number of piperazine rings is 1. The first-order valence-corrected chi connectivity index (χ1v) is 12.4. The number of aromatic nitrogens is 1. The summed E-state index contributed by atoms with van der Waals surface area (Å²) in [5, 5.41) is 1.17. The number of methoxy groups -OCH3 is 1. The van der Waals surface area contributed by atoms with Crippen molar-refractivity contribution < 1.29 is 4.74 Å². The molecule has 0 bridgehead atoms. The van der Waals surface area contributed by atoms with E-state index in [1.54, 1.807) is 7.11 Å². The molecule has 35 heavy (non-hydrogen) atoms. The molecule has 3 aromatic carbocycles. The van der Waals surface area contributed by atoms with Crippen LogP contribution in [-0.4, -0.2) is 55.1 Å². The molecule has 0 N–H and O–H groups in total. The van der Waals surface area contributed by atoms with Gasteiger partial charge >= 0.3 is 0 Å². The Morgan fingerprint density at radius 2 is 1.57 bits per heavy atom. The molecule has 4 aromatic rings. The van der Waals surface area contributed by atoms with Gasteiger partial charge in [-0.15, -0.1) is 0 Å². The third kappa shape index (κ3) is 5.99. The van der Waals surface area contributed by atoms with Crippen LogP contribution >= 0.6 is 0 Å². The maximum atomic E-state index is 5.48. The highest BCUT2D eigenvalue weighted by molar-refractivity contribution is 5.79. The Kier molecular flexibility index (Phi) is 7.26. The van der Waals surface area contributed by atoms with Gasteiger partial charge in [0.2, 0.25) is 0 Å². The lowest BCUT2D eigenvalue weighted by Gasteiger charge is -2.32. The summed E-state index contributed by atoms with van der Waals surface area (Å²) < 4.78 is 5.48. The second-order valence-electron chi connectivity index (χ2n) is 9.49. The number of hydrogen-bond donors (Lipinski definition) is 0. The van der Waals surface area contributed by atoms with Gasteiger partial charge in [-0.3, -0.25) is 9.88 Å². The monoisotopic (exact) mass is 466 g/mol. The maximum absolute atomic E-state index is 5.48. The minimum absolute atomic E-state index is 0.801. The summed E-state index contributed by atoms with van der Waals surface area (Å²) in [6.07, 6.45) is 1.86. The number of fused-ring (bicyclic) bond motifs is 1. The summed E-state index contributed by atoms with van der Waals surface area (Å²) in [6, 6.07) is 28.1. The quantitative estimate of drug-likeness (QED) is 0.356. The topological polar surface area (TPSA) is 31.8 Å². The summed E-state index contributed by atoms with van der Waals surface area (Å²) in [6.45, 7) is 7.12. The number of anilines is 1. The highest BCUT2D eigenvalue weighted by Gasteiger charge is 2.15. The van der Waals surface area contributed by atoms with Crippen molar-refractivity contribution in [2.75, 3.05) is 45.2 Å². The SMILES string of the molecule is COc1cccc(CN(Cc2ccc3cccnc3c2)c2cccc(CN3CCN(C)CC3)c2)c1. The van der Waals surface area contributed by atoms with E-state index in [1.165, 1.54) is 27.8 Å². The molecule has 1 saturated heterocycles. The molecule has 2 heterocycles. The van der Waals surface area contributed by atoms with Crippen LogP contribution in [0.2, 0.25) is 0 Å². The Bertz CT molecular complexity index is 1270. The molecule has 0 unspecified atom stereocenters. The number of ether oxygens (including phenoxy) is 1. The molecule has 180 valence electrons. The smallest absolute Gasteiger partial charge is 0.119 e. The third-order valence-electron chi connectivity index (χ3n) is 6.83. The van der Waals surface area contributed by atoms with Gasteiger partial charge < -0.3 is 14.5 Å². The predicted octanol–water partition coefficient (Wildman–Crippen LogP) is 5.20. The van der Waals surface area contributed by atoms with Crippen LogP contribution in [0.4, 0.5) is 5.69 Å². The fourth-order valence-corrected chi connectivity index (χ4v) is 4.78. The number of hydrogen-bond acceptors (Lipinski definition) is 5. The molecule has 0 saturated carbocycles. The van der Waals surface area contributed by atoms with Crippen LogP contribution in [0.1, 0.15) is 16.7 Å². The summed E-state index contributed by atoms with van der Waals surface area (Å²) in [4.78, 5) is 12.0. The zero-order chi connectivity index (χ0) is 24.0. The highest BCUT2D eigenvalue weighted by atomic mass is 16.5. The zero-order valence-corrected chi connectivity index (χ0v) is 20.7. The van der Waals surface area contributed by atoms with Crippen molar-refractivity contribution in [2.24, 2.45) is 0 Å². The second-order valence-corrected chi connectivity index (χ2v) is 9.49. The number of benzene rings is 3. The first-order chi connectivity index (χ1) is 17.2. The fraction of sp³-hybridized carbons (Fsp3) is 0.300. The number of nitrogens with zero attached hydrogens (tertiary/aromatic N) is 4. The maximum Gasteiger partial charge on any atom is 0.119 e. The molecular formula is C30H34N4O. The molecule has 0 aliphatic carbocycles. The van der Waals surface area contributed by atoms with E-state index in [9.17, 15) is 0 Å². The highest BCUT2D eigenvalue weighted by Crippen LogP contribution is 2.25. The Morgan fingerprint density at radius 1 is 0.800 bits per heavy atom. The Balaban J connectivity index is 1.41. The van der Waals surface area contributed by atoms with E-state index in [-0.39, 0.29) is 0 Å². The second kappa shape index (κ2) is 10.9. The third-order valence-corrected chi connectivity index (χ3v) is 6.83. The molecule has 1 aliphatic rings. The lowest BCUT2D eigenvalue weighted by atomic mass is 10.1. The zero-order valence-electron chi connectivity index (χ0n) is 20.7. The van der Waals surface area contributed by atoms with Gasteiger partial charge in [-0.05, 0) is 60.1 Å². The van der Waals surface area contributed by atoms with E-state index in [0.29, 0.717) is 0 Å². The standard InChI is InChI=1S/C30H34N4O/c1-32-14-16-33(17-15-32)21-24-6-3-9-28(18-24)34(22-25-7-4-10-29(19-25)35-2)23-26-11-12-27-8-5-13-31-30(27)20-26/h3-13,18-20H,14-17,21-23H2,1-2H3. The normalized spacial score (nSPS) is 14.8. The van der Waals surface area contributed by atoms with Crippen LogP contribution in [0.15, 0.2) is 85.1 Å². The molecule has 5 heteroatoms. The molecule has 1 aliphatic heterocycles. The van der Waals surface area contributed by atoms with E-state index in [4.69, 9.17) is 4.74 Å². The number of pyridine rings is 1. The van der Waals surface area contributed by atoms with E-state index in [2.05, 4.69) is 93.5 Å². The lowest BCUT2D eigenvalue weighted by Crippen LogP contribution is -2.43. The van der Waals surface area contributed by atoms with Gasteiger partial charge in [0, 0.05) is 63.1 Å². The van der Waals surface area contributed by atoms with Crippen molar-refractivity contribution in [1.82, 2.24) is 14.8 Å². The van der Waals surface area contributed by atoms with Crippen LogP contribution in [0.3, 0.4) is 0 Å². The predicted molar refractivity (Wildman–Crippen MR) is 144 cm³/mol. The van der Waals surface area contributed by atoms with Crippen molar-refractivity contribution in [3.05, 3.63) is 102 Å². The van der Waals surface area contributed by atoms with Crippen molar-refractivity contribution in [3.8, 4) is 5.75 Å². The Labute approximate surface area is 208 Å². The van der Waals surface area contributed by atoms with Gasteiger partial charge in [-0.1, -0.05) is 42.5 Å². The largest absolute Gasteiger partial charge is 0.497 e. The Hall–Kier alpha value is -3.41. The summed E-state index contributed by atoms with van der Waals surface area (Å²) in [7, 11) is 3.93. The van der Waals surface area contributed by atoms with Crippen LogP contribution < -0.4 is 9.64 Å². The van der Waals surface area contributed by atoms with Gasteiger partial charge in [0.25, 0.3) is 0 Å². The minimum Gasteiger partial charge on any atom is -0.497 e. The van der Waals surface area contributed by atoms with Gasteiger partial charge in [-0.2, -0.15) is 0 Å². The van der Waals surface area contributed by atoms with Crippen molar-refractivity contribution >= 4 is 16.6 Å². The molecule has 0 amide bonds. The molecule has 1 aromatic heterocycles. The van der Waals surface area contributed by atoms with Crippen LogP contribution in [0.5, 0.6) is 5.75 Å². The summed E-state index contributed by atoms with van der Waals surface area (Å²) in [5.41, 5.74) is 6.12. The summed E-state index contributed by atoms with van der Waals surface area (Å²) >= 11 is 0. The molecule has 5 rings (SSSR count). The Morgan fingerprint density at radius 3 is 2.40 bits per heavy atom. The van der Waals surface area contributed by atoms with Crippen molar-refractivity contribution in [2.45, 2.75) is 19.6 Å². The molecule has 0 radical (unpaired) electrons. The van der Waals surface area contributed by atoms with Crippen molar-refractivity contribution in [1.29, 1.82) is 0 Å². The van der Waals surface area contributed by atoms with Crippen molar-refractivity contribution in [3.63, 3.8) is 0 Å². The van der Waals surface area contributed by atoms with Gasteiger partial charge in [0.1, 0.15) is 5.75 Å². The average molecular weight is 467 g/mol. The van der Waals surface area contributed by atoms with Crippen LogP contribution in [0.25, 0.3) is 10.9 Å². The number of likely N-dealkylation sites (N-methyl/N-ethyl adjacent to an activating group) is 1. The molecule has 0 spiro atoms. The first kappa shape index (κ1) is 23.3. The van der Waals surface area contributed by atoms with E-state index < -0.39 is 0 Å². The summed E-state index contributed by atoms with van der Waals surface area (Å²) in [5.74, 6) is 0.890. The number of rotatable bonds is 8. The first-order valence-electron chi connectivity index (χ1n) is 12.4. The minimum atomic E-state index is 0.801. The van der Waals surface area contributed by atoms with Crippen LogP contribution in [0, 0.1) is 0 Å². The van der Waals surface area contributed by atoms with Gasteiger partial charge in [0.05, 0.1) is 12.6 Å². The average Bonchev–Trinajstić information content (AvgIpc) is 2.90.